The number of amides is 1. The number of hydrogen-bond donors (Lipinski definition) is 3. The SMILES string of the molecule is COC(=O)C(Cc1ccc(C)cc1)NC(=O)C1(CCCS(C)(=O)=O)CCC1.COC(=O)C(N)Cc1ccc(C)cc1.CS(=O)(=O)CCCC1(C(=O)O)CCC1.Cl. The molecule has 4 N–H and O–H groups in total. The summed E-state index contributed by atoms with van der Waals surface area (Å²) >= 11 is 0. The van der Waals surface area contributed by atoms with E-state index in [0.29, 0.717) is 51.4 Å². The lowest BCUT2D eigenvalue weighted by Gasteiger charge is -2.41. The van der Waals surface area contributed by atoms with E-state index in [-0.39, 0.29) is 35.8 Å². The minimum absolute atomic E-state index is 0. The average molecular weight is 846 g/mol. The van der Waals surface area contributed by atoms with Crippen LogP contribution in [0.4, 0.5) is 0 Å². The molecule has 2 fully saturated rings. The Morgan fingerprint density at radius 2 is 1.11 bits per heavy atom. The van der Waals surface area contributed by atoms with Crippen molar-refractivity contribution in [2.45, 2.75) is 103 Å². The Labute approximate surface area is 339 Å². The van der Waals surface area contributed by atoms with Crippen LogP contribution < -0.4 is 11.1 Å². The van der Waals surface area contributed by atoms with Gasteiger partial charge in [-0.3, -0.25) is 14.4 Å². The number of benzene rings is 2. The summed E-state index contributed by atoms with van der Waals surface area (Å²) in [7, 11) is -3.34. The molecule has 2 atom stereocenters. The van der Waals surface area contributed by atoms with E-state index in [0.717, 1.165) is 42.4 Å². The number of carboxylic acid groups (broad SMARTS) is 1. The maximum absolute atomic E-state index is 12.9. The number of methoxy groups -OCH3 is 2. The second-order valence-corrected chi connectivity index (χ2v) is 19.6. The van der Waals surface area contributed by atoms with Gasteiger partial charge in [0, 0.05) is 35.9 Å². The fraction of sp³-hybridized carbons (Fsp3) is 0.600. The van der Waals surface area contributed by atoms with E-state index in [4.69, 9.17) is 15.6 Å². The Kier molecular flexibility index (Phi) is 20.8. The number of carbonyl (C=O) groups is 4. The maximum Gasteiger partial charge on any atom is 0.328 e. The highest BCUT2D eigenvalue weighted by atomic mass is 35.5. The lowest BCUT2D eigenvalue weighted by Crippen LogP contribution is -2.52. The van der Waals surface area contributed by atoms with Gasteiger partial charge in [0.1, 0.15) is 31.8 Å². The van der Waals surface area contributed by atoms with Gasteiger partial charge in [0.25, 0.3) is 0 Å². The third kappa shape index (κ3) is 17.3. The molecule has 0 radical (unpaired) electrons. The summed E-state index contributed by atoms with van der Waals surface area (Å²) in [6.07, 6.45) is 9.93. The zero-order valence-electron chi connectivity index (χ0n) is 33.5. The first-order chi connectivity index (χ1) is 25.6. The highest BCUT2D eigenvalue weighted by molar-refractivity contribution is 7.90. The third-order valence-electron chi connectivity index (χ3n) is 10.3. The number of sulfone groups is 2. The first kappa shape index (κ1) is 50.5. The molecule has 2 aromatic rings. The van der Waals surface area contributed by atoms with Crippen molar-refractivity contribution in [1.82, 2.24) is 5.32 Å². The van der Waals surface area contributed by atoms with Crippen molar-refractivity contribution >= 4 is 55.9 Å². The Hall–Kier alpha value is -3.53. The van der Waals surface area contributed by atoms with Crippen LogP contribution in [0, 0.1) is 24.7 Å². The van der Waals surface area contributed by atoms with Crippen LogP contribution in [0.25, 0.3) is 0 Å². The van der Waals surface area contributed by atoms with Gasteiger partial charge in [0.2, 0.25) is 5.91 Å². The number of carboxylic acids is 1. The highest BCUT2D eigenvalue weighted by Crippen LogP contribution is 2.46. The van der Waals surface area contributed by atoms with Crippen LogP contribution in [0.2, 0.25) is 0 Å². The van der Waals surface area contributed by atoms with Gasteiger partial charge in [-0.15, -0.1) is 12.4 Å². The van der Waals surface area contributed by atoms with Gasteiger partial charge in [-0.25, -0.2) is 21.6 Å². The molecular formula is C40H61ClN2O11S2. The van der Waals surface area contributed by atoms with Gasteiger partial charge in [0.05, 0.1) is 19.6 Å². The number of nitrogens with two attached hydrogens (primary N) is 1. The molecule has 0 spiro atoms. The summed E-state index contributed by atoms with van der Waals surface area (Å²) in [6, 6.07) is 14.4. The molecular weight excluding hydrogens is 784 g/mol. The second kappa shape index (κ2) is 23.0. The molecule has 2 saturated carbocycles. The lowest BCUT2D eigenvalue weighted by atomic mass is 9.65. The Morgan fingerprint density at radius 1 is 0.714 bits per heavy atom. The van der Waals surface area contributed by atoms with Crippen molar-refractivity contribution in [2.75, 3.05) is 38.2 Å². The molecule has 0 aromatic heterocycles. The monoisotopic (exact) mass is 844 g/mol. The van der Waals surface area contributed by atoms with Gasteiger partial charge in [-0.1, -0.05) is 72.5 Å². The van der Waals surface area contributed by atoms with Crippen LogP contribution in [-0.4, -0.2) is 96.1 Å². The summed E-state index contributed by atoms with van der Waals surface area (Å²) in [5.41, 5.74) is 8.76. The Bertz CT molecular complexity index is 1790. The van der Waals surface area contributed by atoms with Crippen LogP contribution in [0.1, 0.15) is 86.5 Å². The predicted molar refractivity (Wildman–Crippen MR) is 219 cm³/mol. The topological polar surface area (TPSA) is 213 Å². The van der Waals surface area contributed by atoms with Crippen LogP contribution in [0.3, 0.4) is 0 Å². The number of carbonyl (C=O) groups excluding carboxylic acids is 3. The number of aryl methyl sites for hydroxylation is 2. The molecule has 0 aliphatic heterocycles. The summed E-state index contributed by atoms with van der Waals surface area (Å²) in [5.74, 6) is -1.62. The number of nitrogens with one attached hydrogen (secondary N) is 1. The van der Waals surface area contributed by atoms with Gasteiger partial charge >= 0.3 is 17.9 Å². The quantitative estimate of drug-likeness (QED) is 0.185. The van der Waals surface area contributed by atoms with Crippen LogP contribution in [0.15, 0.2) is 48.5 Å². The number of ether oxygens (including phenoxy) is 2. The maximum atomic E-state index is 12.9. The van der Waals surface area contributed by atoms with E-state index in [1.807, 2.05) is 62.4 Å². The molecule has 2 aliphatic rings. The van der Waals surface area contributed by atoms with E-state index in [1.54, 1.807) is 0 Å². The predicted octanol–water partition coefficient (Wildman–Crippen LogP) is 4.72. The van der Waals surface area contributed by atoms with Gasteiger partial charge in [-0.2, -0.15) is 0 Å². The molecule has 13 nitrogen and oxygen atoms in total. The van der Waals surface area contributed by atoms with E-state index < -0.39 is 54.5 Å². The van der Waals surface area contributed by atoms with Crippen molar-refractivity contribution in [3.63, 3.8) is 0 Å². The largest absolute Gasteiger partial charge is 0.481 e. The first-order valence-corrected chi connectivity index (χ1v) is 22.7. The van der Waals surface area contributed by atoms with Crippen LogP contribution in [0.5, 0.6) is 0 Å². The molecule has 316 valence electrons. The molecule has 4 rings (SSSR count). The molecule has 2 aliphatic carbocycles. The number of aliphatic carboxylic acids is 1. The first-order valence-electron chi connectivity index (χ1n) is 18.6. The standard InChI is InChI=1S/C20H29NO5S.C11H15NO2.C9H16O4S.ClH/c1-15-6-8-16(9-7-15)14-17(18(22)26-2)21-19(23)20(10-4-11-20)12-5-13-27(3,24)25;1-8-3-5-9(6-4-8)7-10(12)11(13)14-2;1-14(12,13)7-3-6-9(8(10)11)4-2-5-9;/h6-9,17H,4-5,10-14H2,1-3H3,(H,21,23);3-6,10H,7,12H2,1-2H3;2-7H2,1H3,(H,10,11);1H. The van der Waals surface area contributed by atoms with Gasteiger partial charge in [-0.05, 0) is 82.8 Å². The molecule has 0 bridgehead atoms. The van der Waals surface area contributed by atoms with Gasteiger partial charge < -0.3 is 25.6 Å². The van der Waals surface area contributed by atoms with E-state index >= 15 is 0 Å². The molecule has 2 unspecified atom stereocenters. The average Bonchev–Trinajstić information content (AvgIpc) is 3.07. The van der Waals surface area contributed by atoms with E-state index in [2.05, 4.69) is 10.1 Å². The summed E-state index contributed by atoms with van der Waals surface area (Å²) < 4.78 is 53.8. The number of halogens is 1. The fourth-order valence-electron chi connectivity index (χ4n) is 6.53. The number of rotatable bonds is 17. The van der Waals surface area contributed by atoms with Crippen LogP contribution in [-0.2, 0) is 61.2 Å². The Balaban J connectivity index is 0.000000457. The molecule has 2 aromatic carbocycles. The van der Waals surface area contributed by atoms with Gasteiger partial charge in [0.15, 0.2) is 0 Å². The van der Waals surface area contributed by atoms with E-state index in [1.165, 1.54) is 32.3 Å². The minimum Gasteiger partial charge on any atom is -0.481 e. The van der Waals surface area contributed by atoms with Crippen molar-refractivity contribution in [2.24, 2.45) is 16.6 Å². The molecule has 1 amide bonds. The summed E-state index contributed by atoms with van der Waals surface area (Å²) in [6.45, 7) is 4.00. The summed E-state index contributed by atoms with van der Waals surface area (Å²) in [4.78, 5) is 47.0. The number of hydrogen-bond acceptors (Lipinski definition) is 11. The normalized spacial score (nSPS) is 16.2. The van der Waals surface area contributed by atoms with Crippen molar-refractivity contribution in [1.29, 1.82) is 0 Å². The second-order valence-electron chi connectivity index (χ2n) is 15.1. The van der Waals surface area contributed by atoms with E-state index in [9.17, 15) is 36.0 Å². The van der Waals surface area contributed by atoms with Crippen molar-refractivity contribution in [3.8, 4) is 0 Å². The molecule has 16 heteroatoms. The minimum atomic E-state index is -3.05. The lowest BCUT2D eigenvalue weighted by molar-refractivity contribution is -0.155. The summed E-state index contributed by atoms with van der Waals surface area (Å²) in [5, 5.41) is 11.8. The molecule has 0 heterocycles. The zero-order valence-corrected chi connectivity index (χ0v) is 36.0. The van der Waals surface area contributed by atoms with Crippen molar-refractivity contribution < 1.29 is 50.6 Å². The number of esters is 2. The fourth-order valence-corrected chi connectivity index (χ4v) is 7.87. The molecule has 56 heavy (non-hydrogen) atoms. The van der Waals surface area contributed by atoms with Crippen LogP contribution >= 0.6 is 12.4 Å². The smallest absolute Gasteiger partial charge is 0.328 e. The zero-order chi connectivity index (χ0) is 41.5. The Morgan fingerprint density at radius 3 is 1.45 bits per heavy atom. The third-order valence-corrected chi connectivity index (χ3v) is 12.4. The molecule has 0 saturated heterocycles. The highest BCUT2D eigenvalue weighted by Gasteiger charge is 2.45. The van der Waals surface area contributed by atoms with Crippen molar-refractivity contribution in [3.05, 3.63) is 70.8 Å².